The highest BCUT2D eigenvalue weighted by Crippen LogP contribution is 2.30. The van der Waals surface area contributed by atoms with Crippen LogP contribution in [0.25, 0.3) is 0 Å². The molecule has 0 radical (unpaired) electrons. The Kier molecular flexibility index (Phi) is 9.77. The number of aromatic nitrogens is 2. The molecule has 2 saturated carbocycles. The van der Waals surface area contributed by atoms with E-state index in [-0.39, 0.29) is 0 Å². The highest BCUT2D eigenvalue weighted by molar-refractivity contribution is 5.66. The van der Waals surface area contributed by atoms with Gasteiger partial charge in [-0.05, 0) is 49.7 Å². The van der Waals surface area contributed by atoms with Crippen LogP contribution in [0.5, 0.6) is 11.8 Å². The van der Waals surface area contributed by atoms with Gasteiger partial charge in [0.2, 0.25) is 11.8 Å². The van der Waals surface area contributed by atoms with E-state index in [0.29, 0.717) is 11.8 Å². The molecule has 0 unspecified atom stereocenters. The van der Waals surface area contributed by atoms with Gasteiger partial charge in [0.15, 0.2) is 0 Å². The zero-order chi connectivity index (χ0) is 23.4. The van der Waals surface area contributed by atoms with Crippen LogP contribution < -0.4 is 9.47 Å². The average molecular weight is 465 g/mol. The smallest absolute Gasteiger partial charge is 0.375 e. The summed E-state index contributed by atoms with van der Waals surface area (Å²) in [5.41, 5.74) is 1.92. The van der Waals surface area contributed by atoms with Crippen LogP contribution in [0.1, 0.15) is 101 Å². The Morgan fingerprint density at radius 3 is 1.59 bits per heavy atom. The van der Waals surface area contributed by atoms with Crippen LogP contribution in [-0.2, 0) is 12.8 Å². The molecule has 2 aromatic heterocycles. The third-order valence-electron chi connectivity index (χ3n) is 7.63. The van der Waals surface area contributed by atoms with Crippen LogP contribution in [0.15, 0.2) is 36.7 Å². The van der Waals surface area contributed by atoms with E-state index in [4.69, 9.17) is 9.47 Å². The van der Waals surface area contributed by atoms with Crippen LogP contribution in [-0.4, -0.2) is 16.1 Å². The van der Waals surface area contributed by atoms with Crippen LogP contribution in [0.2, 0.25) is 0 Å². The molecule has 2 aliphatic carbocycles. The van der Waals surface area contributed by atoms with Crippen molar-refractivity contribution in [3.05, 3.63) is 47.8 Å². The lowest BCUT2D eigenvalue weighted by Crippen LogP contribution is -2.17. The first-order valence-corrected chi connectivity index (χ1v) is 13.6. The van der Waals surface area contributed by atoms with Gasteiger partial charge in [0.1, 0.15) is 0 Å². The van der Waals surface area contributed by atoms with E-state index in [1.165, 1.54) is 77.0 Å². The number of aryl methyl sites for hydroxylation is 2. The average Bonchev–Trinajstić information content (AvgIpc) is 2.87. The molecule has 0 saturated heterocycles. The first-order valence-electron chi connectivity index (χ1n) is 13.6. The zero-order valence-corrected chi connectivity index (χ0v) is 20.6. The van der Waals surface area contributed by atoms with E-state index in [1.807, 2.05) is 24.3 Å². The summed E-state index contributed by atoms with van der Waals surface area (Å²) < 4.78 is 11.1. The van der Waals surface area contributed by atoms with Crippen LogP contribution >= 0.6 is 0 Å². The number of hydrogen-bond acceptors (Lipinski definition) is 5. The Labute approximate surface area is 204 Å². The van der Waals surface area contributed by atoms with Crippen molar-refractivity contribution in [2.24, 2.45) is 11.8 Å². The van der Waals surface area contributed by atoms with Gasteiger partial charge in [-0.2, -0.15) is 0 Å². The third-order valence-corrected chi connectivity index (χ3v) is 7.63. The minimum Gasteiger partial charge on any atom is -0.375 e. The lowest BCUT2D eigenvalue weighted by atomic mass is 9.85. The van der Waals surface area contributed by atoms with Gasteiger partial charge in [-0.1, -0.05) is 89.2 Å². The summed E-state index contributed by atoms with van der Waals surface area (Å²) in [5, 5.41) is 0. The lowest BCUT2D eigenvalue weighted by Gasteiger charge is -2.21. The second kappa shape index (κ2) is 13.5. The quantitative estimate of drug-likeness (QED) is 0.335. The van der Waals surface area contributed by atoms with Gasteiger partial charge in [0.05, 0.1) is 0 Å². The van der Waals surface area contributed by atoms with Gasteiger partial charge < -0.3 is 9.47 Å². The highest BCUT2D eigenvalue weighted by Gasteiger charge is 2.18. The van der Waals surface area contributed by atoms with Gasteiger partial charge in [0.25, 0.3) is 0 Å². The van der Waals surface area contributed by atoms with Gasteiger partial charge in [-0.15, -0.1) is 0 Å². The van der Waals surface area contributed by atoms with Crippen molar-refractivity contribution in [1.29, 1.82) is 0 Å². The Morgan fingerprint density at radius 2 is 1.15 bits per heavy atom. The van der Waals surface area contributed by atoms with Crippen molar-refractivity contribution in [2.75, 3.05) is 0 Å². The van der Waals surface area contributed by atoms with Crippen molar-refractivity contribution in [3.63, 3.8) is 0 Å². The van der Waals surface area contributed by atoms with Crippen molar-refractivity contribution >= 4 is 6.16 Å². The third kappa shape index (κ3) is 7.82. The minimum absolute atomic E-state index is 0.353. The summed E-state index contributed by atoms with van der Waals surface area (Å²) in [4.78, 5) is 21.2. The van der Waals surface area contributed by atoms with E-state index in [9.17, 15) is 4.79 Å². The fourth-order valence-corrected chi connectivity index (χ4v) is 5.71. The molecule has 0 bridgehead atoms. The van der Waals surface area contributed by atoms with Gasteiger partial charge >= 0.3 is 6.16 Å². The maximum Gasteiger partial charge on any atom is 0.522 e. The van der Waals surface area contributed by atoms with Crippen LogP contribution in [0.3, 0.4) is 0 Å². The molecule has 0 atom stereocenters. The van der Waals surface area contributed by atoms with Crippen molar-refractivity contribution < 1.29 is 14.3 Å². The molecule has 184 valence electrons. The Morgan fingerprint density at radius 1 is 0.706 bits per heavy atom. The maximum atomic E-state index is 12.6. The molecule has 0 amide bonds. The van der Waals surface area contributed by atoms with Gasteiger partial charge in [0, 0.05) is 23.5 Å². The zero-order valence-electron chi connectivity index (χ0n) is 20.6. The molecule has 2 heterocycles. The predicted octanol–water partition coefficient (Wildman–Crippen LogP) is 7.86. The topological polar surface area (TPSA) is 61.3 Å². The first-order chi connectivity index (χ1) is 16.8. The van der Waals surface area contributed by atoms with E-state index < -0.39 is 6.16 Å². The summed E-state index contributed by atoms with van der Waals surface area (Å²) in [6.45, 7) is 0. The molecule has 5 nitrogen and oxygen atoms in total. The summed E-state index contributed by atoms with van der Waals surface area (Å²) in [6.07, 6.45) is 22.6. The molecule has 2 aromatic rings. The van der Waals surface area contributed by atoms with E-state index >= 15 is 0 Å². The fraction of sp³-hybridized carbons (Fsp3) is 0.621. The normalized spacial score (nSPS) is 17.4. The summed E-state index contributed by atoms with van der Waals surface area (Å²) in [7, 11) is 0. The molecule has 0 aliphatic heterocycles. The Bertz CT molecular complexity index is 817. The molecule has 0 spiro atoms. The number of hydrogen-bond donors (Lipinski definition) is 0. The molecular formula is C29H40N2O3. The SMILES string of the molecule is O=C(Oc1ncccc1CCCC1CCCCC1)Oc1ncccc1CCCC1CCCCC1. The van der Waals surface area contributed by atoms with Gasteiger partial charge in [-0.25, -0.2) is 14.8 Å². The fourth-order valence-electron chi connectivity index (χ4n) is 5.71. The second-order valence-electron chi connectivity index (χ2n) is 10.2. The summed E-state index contributed by atoms with van der Waals surface area (Å²) >= 11 is 0. The Balaban J connectivity index is 1.27. The van der Waals surface area contributed by atoms with E-state index in [2.05, 4.69) is 9.97 Å². The van der Waals surface area contributed by atoms with E-state index in [1.54, 1.807) is 12.4 Å². The largest absolute Gasteiger partial charge is 0.522 e. The second-order valence-corrected chi connectivity index (χ2v) is 10.2. The number of carbonyl (C=O) groups excluding carboxylic acids is 1. The van der Waals surface area contributed by atoms with Crippen LogP contribution in [0.4, 0.5) is 4.79 Å². The number of ether oxygens (including phenoxy) is 2. The molecule has 0 aromatic carbocycles. The minimum atomic E-state index is -0.764. The molecule has 2 aliphatic rings. The predicted molar refractivity (Wildman–Crippen MR) is 134 cm³/mol. The Hall–Kier alpha value is -2.43. The molecule has 5 heteroatoms. The molecule has 34 heavy (non-hydrogen) atoms. The number of rotatable bonds is 10. The monoisotopic (exact) mass is 464 g/mol. The molecule has 4 rings (SSSR count). The molecular weight excluding hydrogens is 424 g/mol. The standard InChI is InChI=1S/C29H40N2O3/c32-29(33-27-25(19-9-21-30-27)17-7-15-23-11-3-1-4-12-23)34-28-26(20-10-22-31-28)18-8-16-24-13-5-2-6-14-24/h9-10,19-24H,1-8,11-18H2. The lowest BCUT2D eigenvalue weighted by molar-refractivity contribution is 0.147. The number of pyridine rings is 2. The van der Waals surface area contributed by atoms with Crippen molar-refractivity contribution in [3.8, 4) is 11.8 Å². The molecule has 0 N–H and O–H groups in total. The van der Waals surface area contributed by atoms with Crippen molar-refractivity contribution in [1.82, 2.24) is 9.97 Å². The van der Waals surface area contributed by atoms with Crippen molar-refractivity contribution in [2.45, 2.75) is 103 Å². The van der Waals surface area contributed by atoms with Crippen LogP contribution in [0, 0.1) is 11.8 Å². The first kappa shape index (κ1) is 24.7. The molecule has 2 fully saturated rings. The summed E-state index contributed by atoms with van der Waals surface area (Å²) in [6, 6.07) is 7.79. The number of carbonyl (C=O) groups is 1. The number of nitrogens with zero attached hydrogens (tertiary/aromatic N) is 2. The highest BCUT2D eigenvalue weighted by atomic mass is 16.7. The van der Waals surface area contributed by atoms with E-state index in [0.717, 1.165) is 48.6 Å². The van der Waals surface area contributed by atoms with Gasteiger partial charge in [-0.3, -0.25) is 0 Å². The maximum absolute atomic E-state index is 12.6. The summed E-state index contributed by atoms with van der Waals surface area (Å²) in [5.74, 6) is 2.40.